The molecule has 0 N–H and O–H groups in total. The fourth-order valence-electron chi connectivity index (χ4n) is 5.59. The van der Waals surface area contributed by atoms with Gasteiger partial charge in [-0.3, -0.25) is 0 Å². The largest absolute Gasteiger partial charge is 0.166 e. The van der Waals surface area contributed by atoms with Gasteiger partial charge in [0.25, 0.3) is 0 Å². The third-order valence-electron chi connectivity index (χ3n) is 7.36. The third-order valence-corrected chi connectivity index (χ3v) is 9.59. The van der Waals surface area contributed by atoms with E-state index in [1.807, 2.05) is 0 Å². The zero-order chi connectivity index (χ0) is 20.9. The van der Waals surface area contributed by atoms with Gasteiger partial charge >= 0.3 is 0 Å². The lowest BCUT2D eigenvalue weighted by molar-refractivity contribution is 0.443. The summed E-state index contributed by atoms with van der Waals surface area (Å²) in [6, 6.07) is 30.4. The second kappa shape index (κ2) is 10.1. The van der Waals surface area contributed by atoms with Crippen LogP contribution in [-0.4, -0.2) is 0 Å². The quantitative estimate of drug-likeness (QED) is 0.357. The van der Waals surface area contributed by atoms with Crippen LogP contribution < -0.4 is 0 Å². The van der Waals surface area contributed by atoms with E-state index in [9.17, 15) is 0 Å². The van der Waals surface area contributed by atoms with Crippen LogP contribution in [0, 0.1) is 0 Å². The van der Waals surface area contributed by atoms with E-state index >= 15 is 0 Å². The fraction of sp³-hybridized carbons (Fsp3) is 0.400. The second-order valence-electron chi connectivity index (χ2n) is 9.43. The maximum Gasteiger partial charge on any atom is 0.166 e. The highest BCUT2D eigenvalue weighted by molar-refractivity contribution is 7.97. The Bertz CT molecular complexity index is 868. The van der Waals surface area contributed by atoms with Gasteiger partial charge in [0, 0.05) is 0 Å². The smallest absolute Gasteiger partial charge is 0.0619 e. The predicted molar refractivity (Wildman–Crippen MR) is 133 cm³/mol. The van der Waals surface area contributed by atoms with Crippen molar-refractivity contribution in [3.63, 3.8) is 0 Å². The monoisotopic (exact) mass is 427 g/mol. The lowest BCUT2D eigenvalue weighted by Gasteiger charge is -2.22. The predicted octanol–water partition coefficient (Wildman–Crippen LogP) is 8.88. The van der Waals surface area contributed by atoms with Crippen molar-refractivity contribution in [1.29, 1.82) is 0 Å². The summed E-state index contributed by atoms with van der Waals surface area (Å²) in [5, 5.41) is 0. The summed E-state index contributed by atoms with van der Waals surface area (Å²) in [6.07, 6.45) is 13.9. The minimum Gasteiger partial charge on any atom is -0.0619 e. The van der Waals surface area contributed by atoms with Crippen LogP contribution >= 0.6 is 0 Å². The van der Waals surface area contributed by atoms with Crippen molar-refractivity contribution >= 4 is 10.9 Å². The van der Waals surface area contributed by atoms with E-state index < -0.39 is 0 Å². The first kappa shape index (κ1) is 20.9. The summed E-state index contributed by atoms with van der Waals surface area (Å²) in [7, 11) is -0.0410. The lowest BCUT2D eigenvalue weighted by Crippen LogP contribution is -2.08. The molecule has 2 saturated carbocycles. The summed E-state index contributed by atoms with van der Waals surface area (Å²) in [4.78, 5) is 4.30. The van der Waals surface area contributed by atoms with Gasteiger partial charge in [0.2, 0.25) is 0 Å². The number of rotatable bonds is 5. The van der Waals surface area contributed by atoms with Gasteiger partial charge in [0.15, 0.2) is 14.7 Å². The highest BCUT2D eigenvalue weighted by Gasteiger charge is 2.29. The van der Waals surface area contributed by atoms with Crippen LogP contribution in [0.2, 0.25) is 0 Å². The normalized spacial score (nSPS) is 18.4. The Kier molecular flexibility index (Phi) is 6.80. The Morgan fingerprint density at radius 3 is 1.23 bits per heavy atom. The standard InChI is InChI=1S/C30H35S/c1-4-10-24(11-5-1)26-16-20-29(21-17-26)31(28-14-8-3-9-15-28)30-22-18-27(19-23-30)25-12-6-2-7-13-25/h3,8-9,14-25H,1-2,4-7,10-13H2/q+1. The first-order valence-electron chi connectivity index (χ1n) is 12.4. The first-order valence-corrected chi connectivity index (χ1v) is 13.6. The first-order chi connectivity index (χ1) is 15.4. The molecule has 0 spiro atoms. The molecule has 0 atom stereocenters. The molecular formula is C30H35S+. The molecule has 3 aromatic carbocycles. The molecule has 3 aromatic rings. The molecule has 0 saturated heterocycles. The molecule has 0 nitrogen and oxygen atoms in total. The highest BCUT2D eigenvalue weighted by Crippen LogP contribution is 2.37. The molecule has 5 rings (SSSR count). The summed E-state index contributed by atoms with van der Waals surface area (Å²) in [5.41, 5.74) is 3.10. The van der Waals surface area contributed by atoms with Gasteiger partial charge in [0.05, 0.1) is 10.9 Å². The maximum absolute atomic E-state index is 2.42. The molecule has 2 aliphatic carbocycles. The van der Waals surface area contributed by atoms with Crippen molar-refractivity contribution in [2.45, 2.75) is 90.7 Å². The number of hydrogen-bond donors (Lipinski definition) is 0. The van der Waals surface area contributed by atoms with E-state index in [2.05, 4.69) is 78.9 Å². The molecule has 0 aromatic heterocycles. The minimum atomic E-state index is -0.0410. The van der Waals surface area contributed by atoms with Crippen LogP contribution in [0.15, 0.2) is 93.5 Å². The Morgan fingerprint density at radius 1 is 0.419 bits per heavy atom. The van der Waals surface area contributed by atoms with Gasteiger partial charge in [0.1, 0.15) is 0 Å². The Balaban J connectivity index is 1.43. The molecule has 160 valence electrons. The molecule has 31 heavy (non-hydrogen) atoms. The average Bonchev–Trinajstić information content (AvgIpc) is 2.87. The summed E-state index contributed by atoms with van der Waals surface area (Å²) < 4.78 is 0. The van der Waals surface area contributed by atoms with Gasteiger partial charge in [-0.05, 0) is 85.0 Å². The van der Waals surface area contributed by atoms with Crippen molar-refractivity contribution in [2.24, 2.45) is 0 Å². The van der Waals surface area contributed by atoms with Crippen molar-refractivity contribution in [3.05, 3.63) is 90.0 Å². The molecule has 1 heteroatoms. The molecule has 0 radical (unpaired) electrons. The zero-order valence-electron chi connectivity index (χ0n) is 18.6. The molecule has 0 aliphatic heterocycles. The zero-order valence-corrected chi connectivity index (χ0v) is 19.5. The molecule has 0 unspecified atom stereocenters. The van der Waals surface area contributed by atoms with Gasteiger partial charge in [-0.25, -0.2) is 0 Å². The summed E-state index contributed by atoms with van der Waals surface area (Å²) in [6.45, 7) is 0. The second-order valence-corrected chi connectivity index (χ2v) is 11.5. The maximum atomic E-state index is 2.42. The average molecular weight is 428 g/mol. The van der Waals surface area contributed by atoms with E-state index in [-0.39, 0.29) is 10.9 Å². The van der Waals surface area contributed by atoms with E-state index in [0.29, 0.717) is 0 Å². The number of benzene rings is 3. The highest BCUT2D eigenvalue weighted by atomic mass is 32.2. The SMILES string of the molecule is c1ccc([S+](c2ccc(C3CCCCC3)cc2)c2ccc(C3CCCCC3)cc2)cc1. The minimum absolute atomic E-state index is 0.0410. The molecule has 0 amide bonds. The van der Waals surface area contributed by atoms with Gasteiger partial charge in [-0.2, -0.15) is 0 Å². The van der Waals surface area contributed by atoms with E-state index in [4.69, 9.17) is 0 Å². The molecule has 2 fully saturated rings. The van der Waals surface area contributed by atoms with Crippen molar-refractivity contribution in [2.75, 3.05) is 0 Å². The van der Waals surface area contributed by atoms with E-state index in [1.165, 1.54) is 78.9 Å². The van der Waals surface area contributed by atoms with Crippen LogP contribution in [0.1, 0.15) is 87.2 Å². The van der Waals surface area contributed by atoms with Crippen LogP contribution in [0.5, 0.6) is 0 Å². The van der Waals surface area contributed by atoms with Crippen LogP contribution in [0.3, 0.4) is 0 Å². The Morgan fingerprint density at radius 2 is 0.806 bits per heavy atom. The van der Waals surface area contributed by atoms with Gasteiger partial charge < -0.3 is 0 Å². The van der Waals surface area contributed by atoms with Gasteiger partial charge in [-0.15, -0.1) is 0 Å². The van der Waals surface area contributed by atoms with Crippen molar-refractivity contribution in [3.8, 4) is 0 Å². The van der Waals surface area contributed by atoms with Crippen LogP contribution in [-0.2, 0) is 10.9 Å². The third kappa shape index (κ3) is 4.93. The Hall–Kier alpha value is -1.99. The topological polar surface area (TPSA) is 0 Å². The summed E-state index contributed by atoms with van der Waals surface area (Å²) in [5.74, 6) is 1.55. The van der Waals surface area contributed by atoms with Crippen molar-refractivity contribution < 1.29 is 0 Å². The van der Waals surface area contributed by atoms with Crippen LogP contribution in [0.4, 0.5) is 0 Å². The van der Waals surface area contributed by atoms with E-state index in [1.54, 1.807) is 11.1 Å². The molecule has 2 aliphatic rings. The van der Waals surface area contributed by atoms with Crippen LogP contribution in [0.25, 0.3) is 0 Å². The Labute approximate surface area is 191 Å². The fourth-order valence-corrected chi connectivity index (χ4v) is 7.65. The number of hydrogen-bond acceptors (Lipinski definition) is 0. The van der Waals surface area contributed by atoms with Crippen molar-refractivity contribution in [1.82, 2.24) is 0 Å². The van der Waals surface area contributed by atoms with Gasteiger partial charge in [-0.1, -0.05) is 81.0 Å². The molecular weight excluding hydrogens is 392 g/mol. The molecule has 0 heterocycles. The lowest BCUT2D eigenvalue weighted by atomic mass is 9.84. The molecule has 0 bridgehead atoms. The summed E-state index contributed by atoms with van der Waals surface area (Å²) >= 11 is 0. The van der Waals surface area contributed by atoms with E-state index in [0.717, 1.165) is 11.8 Å².